The largest absolute Gasteiger partial charge is 0.481 e. The van der Waals surface area contributed by atoms with E-state index in [1.165, 1.54) is 9.75 Å². The quantitative estimate of drug-likeness (QED) is 0.407. The minimum Gasteiger partial charge on any atom is -0.481 e. The summed E-state index contributed by atoms with van der Waals surface area (Å²) in [6.45, 7) is 3.54. The van der Waals surface area contributed by atoms with Crippen molar-refractivity contribution in [1.82, 2.24) is 15.6 Å². The predicted octanol–water partition coefficient (Wildman–Crippen LogP) is 3.20. The molecule has 0 aromatic carbocycles. The average molecular weight is 446 g/mol. The van der Waals surface area contributed by atoms with Crippen LogP contribution in [0.4, 0.5) is 0 Å². The third kappa shape index (κ3) is 6.34. The monoisotopic (exact) mass is 446 g/mol. The van der Waals surface area contributed by atoms with Crippen molar-refractivity contribution in [1.29, 1.82) is 0 Å². The van der Waals surface area contributed by atoms with Crippen molar-refractivity contribution >= 4 is 41.3 Å². The smallest absolute Gasteiger partial charge is 0.213 e. The fourth-order valence-electron chi connectivity index (χ4n) is 1.94. The second kappa shape index (κ2) is 10.4. The number of guanidine groups is 1. The maximum Gasteiger partial charge on any atom is 0.213 e. The van der Waals surface area contributed by atoms with Gasteiger partial charge < -0.3 is 15.4 Å². The highest BCUT2D eigenvalue weighted by Gasteiger charge is 2.03. The molecule has 0 saturated heterocycles. The van der Waals surface area contributed by atoms with E-state index in [2.05, 4.69) is 39.7 Å². The van der Waals surface area contributed by atoms with Crippen molar-refractivity contribution in [3.8, 4) is 5.88 Å². The number of aliphatic imine (C=N–C) groups is 1. The molecule has 0 amide bonds. The Kier molecular flexibility index (Phi) is 8.93. The van der Waals surface area contributed by atoms with Gasteiger partial charge in [0.2, 0.25) is 5.88 Å². The standard InChI is InChI=1S/C16H22N4OS.HI/c1-4-13-8-9-14(22-13)11-19-16(17-2)18-10-12-6-5-7-15(20-12)21-3;/h5-9H,4,10-11H2,1-3H3,(H2,17,18,19);1H. The number of hydrogen-bond acceptors (Lipinski definition) is 4. The van der Waals surface area contributed by atoms with Gasteiger partial charge in [-0.1, -0.05) is 13.0 Å². The molecule has 0 saturated carbocycles. The fourth-order valence-corrected chi connectivity index (χ4v) is 2.84. The Labute approximate surface area is 158 Å². The van der Waals surface area contributed by atoms with Crippen LogP contribution in [0.3, 0.4) is 0 Å². The molecule has 0 aliphatic heterocycles. The van der Waals surface area contributed by atoms with Crippen LogP contribution in [0, 0.1) is 0 Å². The van der Waals surface area contributed by atoms with Crippen LogP contribution >= 0.6 is 35.3 Å². The van der Waals surface area contributed by atoms with Gasteiger partial charge in [-0.15, -0.1) is 35.3 Å². The van der Waals surface area contributed by atoms with E-state index < -0.39 is 0 Å². The zero-order valence-corrected chi connectivity index (χ0v) is 16.8. The highest BCUT2D eigenvalue weighted by atomic mass is 127. The first kappa shape index (κ1) is 19.7. The molecule has 0 fully saturated rings. The minimum absolute atomic E-state index is 0. The number of aryl methyl sites for hydroxylation is 1. The molecule has 5 nitrogen and oxygen atoms in total. The summed E-state index contributed by atoms with van der Waals surface area (Å²) in [5.74, 6) is 1.38. The van der Waals surface area contributed by atoms with Gasteiger partial charge in [-0.3, -0.25) is 4.99 Å². The highest BCUT2D eigenvalue weighted by molar-refractivity contribution is 14.0. The van der Waals surface area contributed by atoms with Gasteiger partial charge in [-0.25, -0.2) is 4.98 Å². The second-order valence-electron chi connectivity index (χ2n) is 4.67. The van der Waals surface area contributed by atoms with Crippen LogP contribution in [0.25, 0.3) is 0 Å². The third-order valence-corrected chi connectivity index (χ3v) is 4.38. The van der Waals surface area contributed by atoms with Gasteiger partial charge in [0.15, 0.2) is 5.96 Å². The van der Waals surface area contributed by atoms with Crippen LogP contribution in [-0.4, -0.2) is 25.1 Å². The highest BCUT2D eigenvalue weighted by Crippen LogP contribution is 2.16. The van der Waals surface area contributed by atoms with Crippen molar-refractivity contribution in [3.63, 3.8) is 0 Å². The number of aromatic nitrogens is 1. The Hall–Kier alpha value is -1.35. The summed E-state index contributed by atoms with van der Waals surface area (Å²) in [5, 5.41) is 6.57. The minimum atomic E-state index is 0. The van der Waals surface area contributed by atoms with Crippen LogP contribution in [0.5, 0.6) is 5.88 Å². The van der Waals surface area contributed by atoms with Crippen LogP contribution in [-0.2, 0) is 19.5 Å². The van der Waals surface area contributed by atoms with E-state index in [9.17, 15) is 0 Å². The normalized spacial score (nSPS) is 10.8. The molecule has 7 heteroatoms. The van der Waals surface area contributed by atoms with E-state index in [-0.39, 0.29) is 24.0 Å². The Bertz CT molecular complexity index is 630. The maximum atomic E-state index is 5.12. The molecule has 2 aromatic heterocycles. The molecule has 0 atom stereocenters. The Morgan fingerprint density at radius 3 is 2.57 bits per heavy atom. The van der Waals surface area contributed by atoms with E-state index in [4.69, 9.17) is 4.74 Å². The Morgan fingerprint density at radius 1 is 1.17 bits per heavy atom. The molecule has 0 aliphatic carbocycles. The van der Waals surface area contributed by atoms with E-state index in [0.717, 1.165) is 24.6 Å². The van der Waals surface area contributed by atoms with E-state index in [0.29, 0.717) is 12.4 Å². The van der Waals surface area contributed by atoms with Gasteiger partial charge in [0, 0.05) is 22.9 Å². The molecule has 2 heterocycles. The molecule has 2 N–H and O–H groups in total. The number of nitrogens with one attached hydrogen (secondary N) is 2. The van der Waals surface area contributed by atoms with Crippen molar-refractivity contribution in [2.45, 2.75) is 26.4 Å². The molecule has 0 spiro atoms. The number of ether oxygens (including phenoxy) is 1. The SMILES string of the molecule is CCc1ccc(CNC(=NC)NCc2cccc(OC)n2)s1.I. The number of rotatable bonds is 6. The van der Waals surface area contributed by atoms with Crippen LogP contribution < -0.4 is 15.4 Å². The molecule has 2 aromatic rings. The summed E-state index contributed by atoms with van der Waals surface area (Å²) in [7, 11) is 3.38. The van der Waals surface area contributed by atoms with Gasteiger partial charge in [-0.2, -0.15) is 0 Å². The molecule has 0 unspecified atom stereocenters. The summed E-state index contributed by atoms with van der Waals surface area (Å²) in [5.41, 5.74) is 0.909. The first-order valence-electron chi connectivity index (χ1n) is 7.27. The summed E-state index contributed by atoms with van der Waals surface area (Å²) in [6, 6.07) is 10.1. The van der Waals surface area contributed by atoms with Crippen LogP contribution in [0.15, 0.2) is 35.3 Å². The Morgan fingerprint density at radius 2 is 1.91 bits per heavy atom. The molecule has 126 valence electrons. The van der Waals surface area contributed by atoms with Crippen molar-refractivity contribution in [2.75, 3.05) is 14.2 Å². The fraction of sp³-hybridized carbons (Fsp3) is 0.375. The first-order valence-corrected chi connectivity index (χ1v) is 8.08. The van der Waals surface area contributed by atoms with Gasteiger partial charge in [0.25, 0.3) is 0 Å². The van der Waals surface area contributed by atoms with Crippen LogP contribution in [0.2, 0.25) is 0 Å². The predicted molar refractivity (Wildman–Crippen MR) is 107 cm³/mol. The lowest BCUT2D eigenvalue weighted by Gasteiger charge is -2.11. The number of pyridine rings is 1. The lowest BCUT2D eigenvalue weighted by atomic mass is 10.3. The first-order chi connectivity index (χ1) is 10.7. The van der Waals surface area contributed by atoms with Crippen LogP contribution in [0.1, 0.15) is 22.4 Å². The topological polar surface area (TPSA) is 58.5 Å². The van der Waals surface area contributed by atoms with Gasteiger partial charge >= 0.3 is 0 Å². The van der Waals surface area contributed by atoms with Crippen molar-refractivity contribution in [2.24, 2.45) is 4.99 Å². The molecule has 23 heavy (non-hydrogen) atoms. The third-order valence-electron chi connectivity index (χ3n) is 3.15. The van der Waals surface area contributed by atoms with Crippen molar-refractivity contribution < 1.29 is 4.74 Å². The Balaban J connectivity index is 0.00000264. The average Bonchev–Trinajstić information content (AvgIpc) is 3.03. The zero-order chi connectivity index (χ0) is 15.8. The number of methoxy groups -OCH3 is 1. The number of thiophene rings is 1. The molecule has 0 aliphatic rings. The van der Waals surface area contributed by atoms with Gasteiger partial charge in [0.05, 0.1) is 25.9 Å². The van der Waals surface area contributed by atoms with Gasteiger partial charge in [-0.05, 0) is 24.6 Å². The van der Waals surface area contributed by atoms with E-state index in [1.807, 2.05) is 29.5 Å². The molecule has 0 bridgehead atoms. The number of hydrogen-bond donors (Lipinski definition) is 2. The molecule has 0 radical (unpaired) electrons. The number of nitrogens with zero attached hydrogens (tertiary/aromatic N) is 2. The summed E-state index contributed by atoms with van der Waals surface area (Å²) in [4.78, 5) is 11.3. The lowest BCUT2D eigenvalue weighted by molar-refractivity contribution is 0.396. The number of halogens is 1. The van der Waals surface area contributed by atoms with Crippen molar-refractivity contribution in [3.05, 3.63) is 45.8 Å². The zero-order valence-electron chi connectivity index (χ0n) is 13.6. The van der Waals surface area contributed by atoms with E-state index in [1.54, 1.807) is 14.2 Å². The maximum absolute atomic E-state index is 5.12. The molecular formula is C16H23IN4OS. The van der Waals surface area contributed by atoms with Gasteiger partial charge in [0.1, 0.15) is 0 Å². The summed E-state index contributed by atoms with van der Waals surface area (Å²) in [6.07, 6.45) is 1.08. The second-order valence-corrected chi connectivity index (χ2v) is 5.93. The van der Waals surface area contributed by atoms with E-state index >= 15 is 0 Å². The molecule has 2 rings (SSSR count). The molecular weight excluding hydrogens is 423 g/mol. The summed E-state index contributed by atoms with van der Waals surface area (Å²) >= 11 is 1.83. The lowest BCUT2D eigenvalue weighted by Crippen LogP contribution is -2.36. The summed E-state index contributed by atoms with van der Waals surface area (Å²) < 4.78 is 5.12.